The van der Waals surface area contributed by atoms with Crippen LogP contribution in [0.15, 0.2) is 0 Å². The van der Waals surface area contributed by atoms with Gasteiger partial charge in [-0.15, -0.1) is 0 Å². The van der Waals surface area contributed by atoms with E-state index in [1.165, 1.54) is 6.92 Å². The third-order valence-electron chi connectivity index (χ3n) is 3.97. The zero-order chi connectivity index (χ0) is 18.2. The molecule has 1 aliphatic rings. The van der Waals surface area contributed by atoms with Crippen molar-refractivity contribution in [1.82, 2.24) is 5.32 Å². The zero-order valence-electron chi connectivity index (χ0n) is 15.1. The molecule has 138 valence electrons. The van der Waals surface area contributed by atoms with Gasteiger partial charge in [0.25, 0.3) is 0 Å². The quantitative estimate of drug-likeness (QED) is 0.564. The van der Waals surface area contributed by atoms with Crippen molar-refractivity contribution < 1.29 is 28.6 Å². The van der Waals surface area contributed by atoms with Crippen molar-refractivity contribution in [2.45, 2.75) is 78.1 Å². The molecule has 0 aromatic rings. The molecule has 24 heavy (non-hydrogen) atoms. The molecular formula is C17H29NO6. The first-order chi connectivity index (χ1) is 11.3. The molecule has 0 aromatic heterocycles. The molecule has 1 rings (SSSR count). The molecule has 1 N–H and O–H groups in total. The van der Waals surface area contributed by atoms with E-state index in [4.69, 9.17) is 14.2 Å². The normalized spacial score (nSPS) is 17.7. The predicted molar refractivity (Wildman–Crippen MR) is 87.1 cm³/mol. The van der Waals surface area contributed by atoms with Crippen LogP contribution in [0.5, 0.6) is 0 Å². The number of hydrogen-bond donors (Lipinski definition) is 1. The van der Waals surface area contributed by atoms with Gasteiger partial charge in [0.2, 0.25) is 6.29 Å². The van der Waals surface area contributed by atoms with E-state index < -0.39 is 24.0 Å². The first-order valence-corrected chi connectivity index (χ1v) is 8.62. The molecule has 1 amide bonds. The lowest BCUT2D eigenvalue weighted by Crippen LogP contribution is -2.48. The maximum absolute atomic E-state index is 12.0. The number of esters is 2. The first kappa shape index (κ1) is 20.3. The Bertz CT molecular complexity index is 442. The third kappa shape index (κ3) is 6.76. The highest BCUT2D eigenvalue weighted by Gasteiger charge is 2.36. The summed E-state index contributed by atoms with van der Waals surface area (Å²) in [6.07, 6.45) is 3.18. The molecule has 1 aliphatic carbocycles. The number of carbonyl (C=O) groups excluding carboxylic acids is 3. The fourth-order valence-electron chi connectivity index (χ4n) is 2.67. The van der Waals surface area contributed by atoms with Gasteiger partial charge >= 0.3 is 18.0 Å². The van der Waals surface area contributed by atoms with E-state index in [1.54, 1.807) is 20.8 Å². The van der Waals surface area contributed by atoms with Crippen LogP contribution >= 0.6 is 0 Å². The lowest BCUT2D eigenvalue weighted by Gasteiger charge is -2.36. The van der Waals surface area contributed by atoms with Gasteiger partial charge in [-0.1, -0.05) is 27.2 Å². The summed E-state index contributed by atoms with van der Waals surface area (Å²) in [4.78, 5) is 34.9. The smallest absolute Gasteiger partial charge is 0.410 e. The molecule has 1 fully saturated rings. The largest absolute Gasteiger partial charge is 0.457 e. The fourth-order valence-corrected chi connectivity index (χ4v) is 2.67. The maximum Gasteiger partial charge on any atom is 0.410 e. The fraction of sp³-hybridized carbons (Fsp3) is 0.824. The van der Waals surface area contributed by atoms with Gasteiger partial charge in [-0.3, -0.25) is 9.59 Å². The second kappa shape index (κ2) is 9.49. The van der Waals surface area contributed by atoms with Crippen LogP contribution in [0.4, 0.5) is 4.79 Å². The van der Waals surface area contributed by atoms with Gasteiger partial charge < -0.3 is 19.5 Å². The number of rotatable bonds is 7. The van der Waals surface area contributed by atoms with Gasteiger partial charge in [-0.05, 0) is 25.7 Å². The van der Waals surface area contributed by atoms with Gasteiger partial charge in [0.15, 0.2) is 0 Å². The lowest BCUT2D eigenvalue weighted by atomic mass is 9.84. The van der Waals surface area contributed by atoms with E-state index in [1.807, 2.05) is 0 Å². The van der Waals surface area contributed by atoms with E-state index in [0.29, 0.717) is 19.3 Å². The predicted octanol–water partition coefficient (Wildman–Crippen LogP) is 2.91. The summed E-state index contributed by atoms with van der Waals surface area (Å²) in [6, 6.07) is 0. The van der Waals surface area contributed by atoms with Crippen LogP contribution in [0.3, 0.4) is 0 Å². The van der Waals surface area contributed by atoms with Crippen molar-refractivity contribution >= 4 is 18.0 Å². The van der Waals surface area contributed by atoms with E-state index in [0.717, 1.165) is 19.3 Å². The Hall–Kier alpha value is -1.79. The van der Waals surface area contributed by atoms with Crippen LogP contribution < -0.4 is 5.32 Å². The maximum atomic E-state index is 12.0. The Balaban J connectivity index is 2.52. The molecule has 7 nitrogen and oxygen atoms in total. The highest BCUT2D eigenvalue weighted by Crippen LogP contribution is 2.31. The van der Waals surface area contributed by atoms with Crippen LogP contribution in [0.1, 0.15) is 66.2 Å². The second-order valence-corrected chi connectivity index (χ2v) is 6.53. The SMILES string of the molecule is CCC(OC(=O)NCC1(OC(C)=O)CCCCC1)OC(=O)C(C)C. The molecule has 0 saturated heterocycles. The lowest BCUT2D eigenvalue weighted by molar-refractivity contribution is -0.172. The molecule has 0 heterocycles. The summed E-state index contributed by atoms with van der Waals surface area (Å²) in [5.74, 6) is -1.07. The summed E-state index contributed by atoms with van der Waals surface area (Å²) in [5, 5.41) is 2.64. The molecule has 0 spiro atoms. The Morgan fingerprint density at radius 2 is 1.71 bits per heavy atom. The van der Waals surface area contributed by atoms with Gasteiger partial charge in [-0.25, -0.2) is 4.79 Å². The average Bonchev–Trinajstić information content (AvgIpc) is 2.52. The first-order valence-electron chi connectivity index (χ1n) is 8.62. The summed E-state index contributed by atoms with van der Waals surface area (Å²) < 4.78 is 15.7. The Morgan fingerprint density at radius 3 is 2.21 bits per heavy atom. The van der Waals surface area contributed by atoms with E-state index in [2.05, 4.69) is 5.32 Å². The molecule has 0 aromatic carbocycles. The molecule has 0 aliphatic heterocycles. The van der Waals surface area contributed by atoms with Gasteiger partial charge in [0, 0.05) is 13.3 Å². The molecule has 7 heteroatoms. The van der Waals surface area contributed by atoms with Crippen LogP contribution in [-0.4, -0.2) is 36.5 Å². The van der Waals surface area contributed by atoms with E-state index in [9.17, 15) is 14.4 Å². The molecule has 1 atom stereocenters. The summed E-state index contributed by atoms with van der Waals surface area (Å²) in [5.41, 5.74) is -0.667. The number of alkyl carbamates (subject to hydrolysis) is 1. The molecule has 0 bridgehead atoms. The molecular weight excluding hydrogens is 314 g/mol. The Morgan fingerprint density at radius 1 is 1.08 bits per heavy atom. The number of hydrogen-bond acceptors (Lipinski definition) is 6. The van der Waals surface area contributed by atoms with Crippen molar-refractivity contribution in [2.75, 3.05) is 6.54 Å². The topological polar surface area (TPSA) is 90.9 Å². The van der Waals surface area contributed by atoms with Crippen LogP contribution in [0, 0.1) is 5.92 Å². The van der Waals surface area contributed by atoms with Gasteiger partial charge in [0.1, 0.15) is 5.60 Å². The summed E-state index contributed by atoms with van der Waals surface area (Å²) >= 11 is 0. The third-order valence-corrected chi connectivity index (χ3v) is 3.97. The van der Waals surface area contributed by atoms with E-state index in [-0.39, 0.29) is 18.4 Å². The number of nitrogens with one attached hydrogen (secondary N) is 1. The number of ether oxygens (including phenoxy) is 3. The minimum Gasteiger partial charge on any atom is -0.457 e. The van der Waals surface area contributed by atoms with Gasteiger partial charge in [0.05, 0.1) is 12.5 Å². The second-order valence-electron chi connectivity index (χ2n) is 6.53. The van der Waals surface area contributed by atoms with Crippen molar-refractivity contribution in [1.29, 1.82) is 0 Å². The minimum atomic E-state index is -0.920. The number of carbonyl (C=O) groups is 3. The van der Waals surface area contributed by atoms with Crippen LogP contribution in [0.25, 0.3) is 0 Å². The van der Waals surface area contributed by atoms with Crippen LogP contribution in [0.2, 0.25) is 0 Å². The van der Waals surface area contributed by atoms with Crippen molar-refractivity contribution in [3.8, 4) is 0 Å². The van der Waals surface area contributed by atoms with Crippen molar-refractivity contribution in [2.24, 2.45) is 5.92 Å². The summed E-state index contributed by atoms with van der Waals surface area (Å²) in [7, 11) is 0. The molecule has 0 radical (unpaired) electrons. The van der Waals surface area contributed by atoms with Crippen LogP contribution in [-0.2, 0) is 23.8 Å². The average molecular weight is 343 g/mol. The van der Waals surface area contributed by atoms with Crippen molar-refractivity contribution in [3.63, 3.8) is 0 Å². The highest BCUT2D eigenvalue weighted by atomic mass is 16.7. The zero-order valence-corrected chi connectivity index (χ0v) is 15.1. The minimum absolute atomic E-state index is 0.194. The van der Waals surface area contributed by atoms with Gasteiger partial charge in [-0.2, -0.15) is 0 Å². The summed E-state index contributed by atoms with van der Waals surface area (Å²) in [6.45, 7) is 6.74. The van der Waals surface area contributed by atoms with E-state index >= 15 is 0 Å². The highest BCUT2D eigenvalue weighted by molar-refractivity contribution is 5.72. The molecule has 1 unspecified atom stereocenters. The Labute approximate surface area is 143 Å². The molecule has 1 saturated carbocycles. The monoisotopic (exact) mass is 343 g/mol. The Kier molecular flexibility index (Phi) is 8.01. The standard InChI is InChI=1S/C17H29NO6/c1-5-14(22-15(20)12(2)3)23-16(21)18-11-17(24-13(4)19)9-7-6-8-10-17/h12,14H,5-11H2,1-4H3,(H,18,21). The number of amides is 1. The van der Waals surface area contributed by atoms with Crippen molar-refractivity contribution in [3.05, 3.63) is 0 Å².